The highest BCUT2D eigenvalue weighted by Crippen LogP contribution is 2.46. The van der Waals surface area contributed by atoms with Gasteiger partial charge in [0.05, 0.1) is 12.2 Å². The van der Waals surface area contributed by atoms with Gasteiger partial charge >= 0.3 is 6.09 Å². The maximum absolute atomic E-state index is 14.3. The number of hydroxylamine groups is 1. The van der Waals surface area contributed by atoms with Crippen molar-refractivity contribution in [1.29, 1.82) is 0 Å². The van der Waals surface area contributed by atoms with Crippen LogP contribution in [0, 0.1) is 5.82 Å². The molecule has 9 nitrogen and oxygen atoms in total. The van der Waals surface area contributed by atoms with Crippen molar-refractivity contribution < 1.29 is 36.7 Å². The number of thiophene rings is 1. The van der Waals surface area contributed by atoms with Gasteiger partial charge in [-0.15, -0.1) is 11.3 Å². The van der Waals surface area contributed by atoms with Crippen LogP contribution < -0.4 is 5.48 Å². The molecule has 49 heavy (non-hydrogen) atoms. The molecule has 0 saturated carbocycles. The lowest BCUT2D eigenvalue weighted by atomic mass is 9.97. The number of hydrogen-bond donors (Lipinski definition) is 1. The van der Waals surface area contributed by atoms with E-state index in [-0.39, 0.29) is 43.6 Å². The average molecular weight is 705 g/mol. The minimum Gasteiger partial charge on any atom is -0.448 e. The van der Waals surface area contributed by atoms with Gasteiger partial charge in [-0.05, 0) is 71.3 Å². The van der Waals surface area contributed by atoms with Crippen molar-refractivity contribution >= 4 is 33.2 Å². The summed E-state index contributed by atoms with van der Waals surface area (Å²) in [5.41, 5.74) is 7.53. The Morgan fingerprint density at radius 3 is 2.35 bits per heavy atom. The molecule has 7 rings (SSSR count). The SMILES string of the molecule is O=C(CC1(c2ccc(-c3ccc(F)cc3)s2)CCN(C(=O)OCC2c3ccccc3-c3ccccc32)CCS1(=O)=O)NOC1CCCCO1. The van der Waals surface area contributed by atoms with Crippen molar-refractivity contribution in [2.45, 2.75) is 49.1 Å². The van der Waals surface area contributed by atoms with Crippen LogP contribution in [0.2, 0.25) is 0 Å². The van der Waals surface area contributed by atoms with E-state index in [4.69, 9.17) is 14.3 Å². The van der Waals surface area contributed by atoms with E-state index >= 15 is 0 Å². The van der Waals surface area contributed by atoms with Gasteiger partial charge in [0.25, 0.3) is 0 Å². The number of rotatable bonds is 8. The van der Waals surface area contributed by atoms with Gasteiger partial charge in [0, 0.05) is 41.8 Å². The molecular formula is C37H37FN2O7S2. The van der Waals surface area contributed by atoms with Crippen molar-refractivity contribution in [2.24, 2.45) is 0 Å². The number of nitrogens with zero attached hydrogens (tertiary/aromatic N) is 1. The van der Waals surface area contributed by atoms with Crippen LogP contribution in [0.3, 0.4) is 0 Å². The predicted molar refractivity (Wildman–Crippen MR) is 184 cm³/mol. The number of amides is 2. The lowest BCUT2D eigenvalue weighted by Gasteiger charge is -2.31. The van der Waals surface area contributed by atoms with Crippen molar-refractivity contribution in [2.75, 3.05) is 32.1 Å². The van der Waals surface area contributed by atoms with E-state index < -0.39 is 39.3 Å². The first-order valence-corrected chi connectivity index (χ1v) is 19.0. The molecule has 0 bridgehead atoms. The van der Waals surface area contributed by atoms with Crippen LogP contribution in [0.4, 0.5) is 9.18 Å². The summed E-state index contributed by atoms with van der Waals surface area (Å²) in [6.45, 7) is 0.604. The number of benzene rings is 3. The molecule has 0 spiro atoms. The quantitative estimate of drug-likeness (QED) is 0.201. The topological polar surface area (TPSA) is 111 Å². The van der Waals surface area contributed by atoms with Crippen LogP contribution >= 0.6 is 11.3 Å². The molecule has 256 valence electrons. The van der Waals surface area contributed by atoms with Crippen LogP contribution in [0.15, 0.2) is 84.9 Å². The number of nitrogens with one attached hydrogen (secondary N) is 1. The van der Waals surface area contributed by atoms with Crippen LogP contribution in [0.25, 0.3) is 21.6 Å². The Balaban J connectivity index is 1.12. The number of halogens is 1. The van der Waals surface area contributed by atoms with Gasteiger partial charge in [-0.1, -0.05) is 60.7 Å². The van der Waals surface area contributed by atoms with E-state index in [1.165, 1.54) is 28.4 Å². The van der Waals surface area contributed by atoms with E-state index in [2.05, 4.69) is 17.6 Å². The number of hydrogen-bond acceptors (Lipinski definition) is 8. The highest BCUT2D eigenvalue weighted by atomic mass is 32.2. The largest absolute Gasteiger partial charge is 0.448 e. The second-order valence-corrected chi connectivity index (χ2v) is 16.1. The average Bonchev–Trinajstić information content (AvgIpc) is 3.70. The second kappa shape index (κ2) is 14.0. The summed E-state index contributed by atoms with van der Waals surface area (Å²) < 4.78 is 52.0. The standard InChI is InChI=1S/C37H37FN2O7S2/c38-26-14-12-25(13-15-26)32-16-17-33(48-32)37(23-34(41)39-47-35-11-5-6-21-45-35)18-19-40(20-22-49(37,43)44)36(42)46-24-31-29-9-3-1-7-27(29)28-8-2-4-10-30(28)31/h1-4,7-10,12-17,31,35H,5-6,11,18-24H2,(H,39,41). The minimum absolute atomic E-state index is 0.0315. The highest BCUT2D eigenvalue weighted by Gasteiger charge is 2.50. The molecule has 2 saturated heterocycles. The maximum Gasteiger partial charge on any atom is 0.409 e. The van der Waals surface area contributed by atoms with Gasteiger partial charge in [-0.3, -0.25) is 4.79 Å². The molecule has 1 aliphatic carbocycles. The fourth-order valence-electron chi connectivity index (χ4n) is 7.02. The fourth-order valence-corrected chi connectivity index (χ4v) is 10.6. The van der Waals surface area contributed by atoms with E-state index in [0.29, 0.717) is 17.9 Å². The Labute approximate surface area is 288 Å². The van der Waals surface area contributed by atoms with Crippen LogP contribution in [-0.4, -0.2) is 63.7 Å². The second-order valence-electron chi connectivity index (χ2n) is 12.6. The molecule has 3 aliphatic rings. The monoisotopic (exact) mass is 704 g/mol. The third kappa shape index (κ3) is 6.74. The molecule has 2 aliphatic heterocycles. The zero-order chi connectivity index (χ0) is 34.0. The van der Waals surface area contributed by atoms with E-state index in [0.717, 1.165) is 45.5 Å². The maximum atomic E-state index is 14.3. The first-order chi connectivity index (χ1) is 23.7. The first kappa shape index (κ1) is 33.4. The third-order valence-corrected chi connectivity index (χ3v) is 13.6. The first-order valence-electron chi connectivity index (χ1n) is 16.5. The number of sulfone groups is 1. The Hall–Kier alpha value is -4.10. The van der Waals surface area contributed by atoms with Crippen LogP contribution in [0.5, 0.6) is 0 Å². The Kier molecular flexibility index (Phi) is 9.56. The molecular weight excluding hydrogens is 668 g/mol. The Bertz CT molecular complexity index is 1900. The molecule has 2 fully saturated rings. The molecule has 3 aromatic carbocycles. The summed E-state index contributed by atoms with van der Waals surface area (Å²) in [5, 5.41) is 0. The molecule has 1 aromatic heterocycles. The van der Waals surface area contributed by atoms with E-state index in [1.54, 1.807) is 24.3 Å². The molecule has 4 aromatic rings. The summed E-state index contributed by atoms with van der Waals surface area (Å²) in [6.07, 6.45) is 0.768. The molecule has 3 heterocycles. The molecule has 1 N–H and O–H groups in total. The number of ether oxygens (including phenoxy) is 2. The van der Waals surface area contributed by atoms with Gasteiger partial charge in [-0.2, -0.15) is 0 Å². The predicted octanol–water partition coefficient (Wildman–Crippen LogP) is 6.78. The van der Waals surface area contributed by atoms with Crippen LogP contribution in [0.1, 0.15) is 54.0 Å². The minimum atomic E-state index is -4.01. The van der Waals surface area contributed by atoms with Gasteiger partial charge in [0.2, 0.25) is 5.91 Å². The van der Waals surface area contributed by atoms with Crippen molar-refractivity contribution in [3.63, 3.8) is 0 Å². The lowest BCUT2D eigenvalue weighted by Crippen LogP contribution is -2.43. The molecule has 2 atom stereocenters. The van der Waals surface area contributed by atoms with E-state index in [9.17, 15) is 22.4 Å². The summed E-state index contributed by atoms with van der Waals surface area (Å²) >= 11 is 1.24. The van der Waals surface area contributed by atoms with Crippen molar-refractivity contribution in [3.8, 4) is 21.6 Å². The Morgan fingerprint density at radius 2 is 1.65 bits per heavy atom. The molecule has 0 radical (unpaired) electrons. The third-order valence-electron chi connectivity index (χ3n) is 9.68. The summed E-state index contributed by atoms with van der Waals surface area (Å²) in [5.74, 6) is -1.49. The normalized spacial score (nSPS) is 21.7. The highest BCUT2D eigenvalue weighted by molar-refractivity contribution is 7.92. The summed E-state index contributed by atoms with van der Waals surface area (Å²) in [6, 6.07) is 25.5. The number of carbonyl (C=O) groups is 2. The number of carbonyl (C=O) groups excluding carboxylic acids is 2. The number of fused-ring (bicyclic) bond motifs is 3. The van der Waals surface area contributed by atoms with E-state index in [1.807, 2.05) is 36.4 Å². The fraction of sp³-hybridized carbons (Fsp3) is 0.351. The summed E-state index contributed by atoms with van der Waals surface area (Å²) in [4.78, 5) is 35.1. The smallest absolute Gasteiger partial charge is 0.409 e. The molecule has 12 heteroatoms. The van der Waals surface area contributed by atoms with Gasteiger partial charge in [0.15, 0.2) is 16.1 Å². The van der Waals surface area contributed by atoms with Gasteiger partial charge < -0.3 is 14.4 Å². The lowest BCUT2D eigenvalue weighted by molar-refractivity contribution is -0.200. The van der Waals surface area contributed by atoms with Crippen molar-refractivity contribution in [1.82, 2.24) is 10.4 Å². The summed E-state index contributed by atoms with van der Waals surface area (Å²) in [7, 11) is -4.01. The Morgan fingerprint density at radius 1 is 0.939 bits per heavy atom. The van der Waals surface area contributed by atoms with Gasteiger partial charge in [0.1, 0.15) is 17.2 Å². The zero-order valence-electron chi connectivity index (χ0n) is 26.8. The molecule has 2 unspecified atom stereocenters. The molecule has 2 amide bonds. The van der Waals surface area contributed by atoms with Gasteiger partial charge in [-0.25, -0.2) is 27.9 Å². The van der Waals surface area contributed by atoms with Crippen LogP contribution in [-0.2, 0) is 33.7 Å². The zero-order valence-corrected chi connectivity index (χ0v) is 28.4. The van der Waals surface area contributed by atoms with Crippen molar-refractivity contribution in [3.05, 3.63) is 107 Å².